The molecule has 0 saturated heterocycles. The summed E-state index contributed by atoms with van der Waals surface area (Å²) in [5.74, 6) is 0.283. The Balaban J connectivity index is 1.89. The van der Waals surface area contributed by atoms with E-state index in [-0.39, 0.29) is 5.91 Å². The van der Waals surface area contributed by atoms with Crippen LogP contribution in [0.25, 0.3) is 10.1 Å². The largest absolute Gasteiger partial charge is 0.397 e. The van der Waals surface area contributed by atoms with E-state index in [2.05, 4.69) is 26.2 Å². The second-order valence-electron chi connectivity index (χ2n) is 4.20. The van der Waals surface area contributed by atoms with Crippen molar-refractivity contribution in [1.82, 2.24) is 4.98 Å². The minimum absolute atomic E-state index is 0.177. The van der Waals surface area contributed by atoms with Gasteiger partial charge in [0.15, 0.2) is 0 Å². The van der Waals surface area contributed by atoms with Crippen LogP contribution in [0.5, 0.6) is 0 Å². The number of anilines is 2. The van der Waals surface area contributed by atoms with Crippen molar-refractivity contribution in [2.45, 2.75) is 0 Å². The fraction of sp³-hybridized carbons (Fsp3) is 0. The molecule has 0 spiro atoms. The van der Waals surface area contributed by atoms with Crippen LogP contribution in [-0.2, 0) is 0 Å². The molecule has 0 fully saturated rings. The Morgan fingerprint density at radius 2 is 2.10 bits per heavy atom. The number of hydrogen-bond acceptors (Lipinski definition) is 4. The predicted molar refractivity (Wildman–Crippen MR) is 86.1 cm³/mol. The van der Waals surface area contributed by atoms with E-state index in [1.165, 1.54) is 17.5 Å². The number of nitrogens with one attached hydrogen (secondary N) is 1. The third-order valence-corrected chi connectivity index (χ3v) is 4.46. The maximum absolute atomic E-state index is 12.2. The highest BCUT2D eigenvalue weighted by atomic mass is 79.9. The number of amides is 1. The monoisotopic (exact) mass is 347 g/mol. The van der Waals surface area contributed by atoms with E-state index in [9.17, 15) is 4.79 Å². The molecule has 3 N–H and O–H groups in total. The molecular weight excluding hydrogens is 338 g/mol. The number of carbonyl (C=O) groups is 1. The Hall–Kier alpha value is -1.92. The quantitative estimate of drug-likeness (QED) is 0.738. The second kappa shape index (κ2) is 5.22. The number of carbonyl (C=O) groups excluding carboxylic acids is 1. The van der Waals surface area contributed by atoms with Crippen LogP contribution in [0.2, 0.25) is 0 Å². The molecule has 100 valence electrons. The molecule has 2 aromatic heterocycles. The number of nitrogens with zero attached hydrogens (tertiary/aromatic N) is 1. The van der Waals surface area contributed by atoms with Gasteiger partial charge in [-0.05, 0) is 39.5 Å². The van der Waals surface area contributed by atoms with Crippen molar-refractivity contribution < 1.29 is 4.79 Å². The Morgan fingerprint density at radius 3 is 2.85 bits per heavy atom. The van der Waals surface area contributed by atoms with Gasteiger partial charge < -0.3 is 11.1 Å². The molecule has 0 unspecified atom stereocenters. The summed E-state index contributed by atoms with van der Waals surface area (Å²) < 4.78 is 1.74. The highest BCUT2D eigenvalue weighted by Gasteiger charge is 2.12. The van der Waals surface area contributed by atoms with Crippen molar-refractivity contribution in [1.29, 1.82) is 0 Å². The zero-order valence-electron chi connectivity index (χ0n) is 10.3. The number of nitrogen functional groups attached to an aromatic ring is 1. The standard InChI is InChI=1S/C14H10BrN3OS/c15-10-6-9(16)7-17-13(10)18-14(19)12-5-8-3-1-2-4-11(8)20-12/h1-7H,16H2,(H,17,18,19). The molecule has 6 heteroatoms. The van der Waals surface area contributed by atoms with Crippen LogP contribution < -0.4 is 11.1 Å². The predicted octanol–water partition coefficient (Wildman–Crippen LogP) is 3.89. The van der Waals surface area contributed by atoms with Crippen LogP contribution >= 0.6 is 27.3 Å². The molecule has 0 aliphatic rings. The molecule has 0 saturated carbocycles. The maximum Gasteiger partial charge on any atom is 0.266 e. The number of nitrogens with two attached hydrogens (primary N) is 1. The van der Waals surface area contributed by atoms with E-state index in [1.807, 2.05) is 30.3 Å². The summed E-state index contributed by atoms with van der Waals surface area (Å²) in [4.78, 5) is 17.0. The Bertz CT molecular complexity index is 767. The van der Waals surface area contributed by atoms with E-state index >= 15 is 0 Å². The van der Waals surface area contributed by atoms with Gasteiger partial charge in [0.2, 0.25) is 0 Å². The van der Waals surface area contributed by atoms with Crippen LogP contribution in [0.3, 0.4) is 0 Å². The smallest absolute Gasteiger partial charge is 0.266 e. The number of thiophene rings is 1. The average molecular weight is 348 g/mol. The van der Waals surface area contributed by atoms with Crippen molar-refractivity contribution in [3.63, 3.8) is 0 Å². The first-order valence-electron chi connectivity index (χ1n) is 5.84. The van der Waals surface area contributed by atoms with Crippen molar-refractivity contribution in [3.8, 4) is 0 Å². The maximum atomic E-state index is 12.2. The molecule has 1 amide bonds. The lowest BCUT2D eigenvalue weighted by atomic mass is 10.2. The first-order valence-corrected chi connectivity index (χ1v) is 7.45. The summed E-state index contributed by atoms with van der Waals surface area (Å²) in [5, 5.41) is 3.83. The first kappa shape index (κ1) is 13.1. The number of hydrogen-bond donors (Lipinski definition) is 2. The number of fused-ring (bicyclic) bond motifs is 1. The second-order valence-corrected chi connectivity index (χ2v) is 6.14. The van der Waals surface area contributed by atoms with E-state index in [1.54, 1.807) is 6.07 Å². The molecule has 0 aliphatic carbocycles. The van der Waals surface area contributed by atoms with Gasteiger partial charge in [-0.2, -0.15) is 0 Å². The van der Waals surface area contributed by atoms with Crippen molar-refractivity contribution in [2.24, 2.45) is 0 Å². The fourth-order valence-corrected chi connectivity index (χ4v) is 3.23. The Kier molecular flexibility index (Phi) is 3.42. The number of benzene rings is 1. The van der Waals surface area contributed by atoms with Crippen molar-refractivity contribution in [3.05, 3.63) is 51.9 Å². The number of rotatable bonds is 2. The third kappa shape index (κ3) is 2.52. The van der Waals surface area contributed by atoms with Crippen molar-refractivity contribution >= 4 is 54.8 Å². The van der Waals surface area contributed by atoms with Crippen LogP contribution in [0, 0.1) is 0 Å². The summed E-state index contributed by atoms with van der Waals surface area (Å²) >= 11 is 4.78. The molecule has 1 aromatic carbocycles. The topological polar surface area (TPSA) is 68.0 Å². The Labute approximate surface area is 127 Å². The summed E-state index contributed by atoms with van der Waals surface area (Å²) in [7, 11) is 0. The highest BCUT2D eigenvalue weighted by Crippen LogP contribution is 2.27. The number of pyridine rings is 1. The first-order chi connectivity index (χ1) is 9.63. The summed E-state index contributed by atoms with van der Waals surface area (Å²) in [5.41, 5.74) is 6.16. The number of aromatic nitrogens is 1. The van der Waals surface area contributed by atoms with E-state index in [4.69, 9.17) is 5.73 Å². The lowest BCUT2D eigenvalue weighted by Gasteiger charge is -2.05. The summed E-state index contributed by atoms with van der Waals surface area (Å²) in [6.07, 6.45) is 1.51. The minimum Gasteiger partial charge on any atom is -0.397 e. The normalized spacial score (nSPS) is 10.7. The lowest BCUT2D eigenvalue weighted by Crippen LogP contribution is -2.12. The third-order valence-electron chi connectivity index (χ3n) is 2.74. The highest BCUT2D eigenvalue weighted by molar-refractivity contribution is 9.10. The van der Waals surface area contributed by atoms with Gasteiger partial charge in [0.1, 0.15) is 5.82 Å². The van der Waals surface area contributed by atoms with E-state index < -0.39 is 0 Å². The Morgan fingerprint density at radius 1 is 1.30 bits per heavy atom. The average Bonchev–Trinajstić information content (AvgIpc) is 2.86. The molecule has 4 nitrogen and oxygen atoms in total. The van der Waals surface area contributed by atoms with Gasteiger partial charge in [-0.25, -0.2) is 4.98 Å². The van der Waals surface area contributed by atoms with Gasteiger partial charge >= 0.3 is 0 Å². The minimum atomic E-state index is -0.177. The molecule has 0 aliphatic heterocycles. The molecule has 20 heavy (non-hydrogen) atoms. The zero-order valence-corrected chi connectivity index (χ0v) is 12.7. The fourth-order valence-electron chi connectivity index (χ4n) is 1.81. The van der Waals surface area contributed by atoms with Gasteiger partial charge in [0, 0.05) is 4.70 Å². The van der Waals surface area contributed by atoms with Gasteiger partial charge in [-0.15, -0.1) is 11.3 Å². The summed E-state index contributed by atoms with van der Waals surface area (Å²) in [6, 6.07) is 11.5. The molecule has 0 atom stereocenters. The van der Waals surface area contributed by atoms with E-state index in [0.29, 0.717) is 20.9 Å². The van der Waals surface area contributed by atoms with Crippen LogP contribution in [0.15, 0.2) is 47.1 Å². The van der Waals surface area contributed by atoms with E-state index in [0.717, 1.165) is 10.1 Å². The van der Waals surface area contributed by atoms with Crippen LogP contribution in [0.1, 0.15) is 9.67 Å². The van der Waals surface area contributed by atoms with Gasteiger partial charge in [0.25, 0.3) is 5.91 Å². The van der Waals surface area contributed by atoms with Gasteiger partial charge in [-0.3, -0.25) is 4.79 Å². The van der Waals surface area contributed by atoms with Crippen LogP contribution in [-0.4, -0.2) is 10.9 Å². The molecule has 2 heterocycles. The van der Waals surface area contributed by atoms with Crippen LogP contribution in [0.4, 0.5) is 11.5 Å². The van der Waals surface area contributed by atoms with Gasteiger partial charge in [0.05, 0.1) is 21.2 Å². The van der Waals surface area contributed by atoms with Crippen molar-refractivity contribution in [2.75, 3.05) is 11.1 Å². The molecule has 0 bridgehead atoms. The lowest BCUT2D eigenvalue weighted by molar-refractivity contribution is 0.103. The van der Waals surface area contributed by atoms with Gasteiger partial charge in [-0.1, -0.05) is 18.2 Å². The molecule has 3 aromatic rings. The number of halogens is 1. The molecule has 3 rings (SSSR count). The molecular formula is C14H10BrN3OS. The SMILES string of the molecule is Nc1cnc(NC(=O)c2cc3ccccc3s2)c(Br)c1. The molecule has 0 radical (unpaired) electrons. The summed E-state index contributed by atoms with van der Waals surface area (Å²) in [6.45, 7) is 0. The zero-order chi connectivity index (χ0) is 14.1.